The molecule has 0 unspecified atom stereocenters. The van der Waals surface area contributed by atoms with Crippen LogP contribution in [0.3, 0.4) is 0 Å². The van der Waals surface area contributed by atoms with Crippen LogP contribution in [0.5, 0.6) is 5.75 Å². The number of benzene rings is 2. The molecule has 0 aliphatic carbocycles. The Morgan fingerprint density at radius 2 is 1.83 bits per heavy atom. The summed E-state index contributed by atoms with van der Waals surface area (Å²) in [4.78, 5) is 13.0. The molecule has 24 heavy (non-hydrogen) atoms. The van der Waals surface area contributed by atoms with Crippen molar-refractivity contribution in [3.8, 4) is 28.1 Å². The third-order valence-electron chi connectivity index (χ3n) is 3.97. The molecule has 0 saturated carbocycles. The predicted octanol–water partition coefficient (Wildman–Crippen LogP) is 4.37. The van der Waals surface area contributed by atoms with Gasteiger partial charge in [-0.15, -0.1) is 0 Å². The number of rotatable bonds is 3. The monoisotopic (exact) mass is 313 g/mol. The SMILES string of the molecule is COc1cccc(-c2ncccc2-c2ccc3ncncc3c2)c1. The van der Waals surface area contributed by atoms with Gasteiger partial charge in [-0.2, -0.15) is 0 Å². The average Bonchev–Trinajstić information content (AvgIpc) is 2.67. The summed E-state index contributed by atoms with van der Waals surface area (Å²) >= 11 is 0. The summed E-state index contributed by atoms with van der Waals surface area (Å²) in [6, 6.07) is 18.1. The van der Waals surface area contributed by atoms with E-state index in [0.717, 1.165) is 39.0 Å². The Balaban J connectivity index is 1.88. The number of hydrogen-bond acceptors (Lipinski definition) is 4. The van der Waals surface area contributed by atoms with E-state index in [4.69, 9.17) is 4.74 Å². The van der Waals surface area contributed by atoms with Gasteiger partial charge in [-0.3, -0.25) is 4.98 Å². The third-order valence-corrected chi connectivity index (χ3v) is 3.97. The zero-order valence-electron chi connectivity index (χ0n) is 13.2. The van der Waals surface area contributed by atoms with Gasteiger partial charge < -0.3 is 4.74 Å². The van der Waals surface area contributed by atoms with Gasteiger partial charge in [0.1, 0.15) is 12.1 Å². The van der Waals surface area contributed by atoms with Crippen LogP contribution >= 0.6 is 0 Å². The second-order valence-corrected chi connectivity index (χ2v) is 5.43. The number of fused-ring (bicyclic) bond motifs is 1. The van der Waals surface area contributed by atoms with Gasteiger partial charge in [-0.1, -0.05) is 24.3 Å². The molecule has 116 valence electrons. The summed E-state index contributed by atoms with van der Waals surface area (Å²) < 4.78 is 5.34. The van der Waals surface area contributed by atoms with Crippen LogP contribution in [0.1, 0.15) is 0 Å². The van der Waals surface area contributed by atoms with Crippen LogP contribution < -0.4 is 4.74 Å². The van der Waals surface area contributed by atoms with Gasteiger partial charge in [0.25, 0.3) is 0 Å². The Morgan fingerprint density at radius 1 is 0.875 bits per heavy atom. The number of aromatic nitrogens is 3. The van der Waals surface area contributed by atoms with Gasteiger partial charge in [0, 0.05) is 28.9 Å². The fraction of sp³-hybridized carbons (Fsp3) is 0.0500. The first-order valence-corrected chi connectivity index (χ1v) is 7.65. The molecule has 4 heteroatoms. The maximum absolute atomic E-state index is 5.34. The number of ether oxygens (including phenoxy) is 1. The van der Waals surface area contributed by atoms with Crippen molar-refractivity contribution < 1.29 is 4.74 Å². The number of pyridine rings is 1. The van der Waals surface area contributed by atoms with Crippen molar-refractivity contribution >= 4 is 10.9 Å². The summed E-state index contributed by atoms with van der Waals surface area (Å²) in [6.45, 7) is 0. The smallest absolute Gasteiger partial charge is 0.119 e. The summed E-state index contributed by atoms with van der Waals surface area (Å²) in [5.41, 5.74) is 5.03. The van der Waals surface area contributed by atoms with Crippen LogP contribution in [0.4, 0.5) is 0 Å². The van der Waals surface area contributed by atoms with E-state index in [9.17, 15) is 0 Å². The Hall–Kier alpha value is -3.27. The van der Waals surface area contributed by atoms with Crippen molar-refractivity contribution in [2.24, 2.45) is 0 Å². The lowest BCUT2D eigenvalue weighted by atomic mass is 9.98. The van der Waals surface area contributed by atoms with Crippen LogP contribution in [0.15, 0.2) is 73.3 Å². The van der Waals surface area contributed by atoms with Gasteiger partial charge in [-0.05, 0) is 35.9 Å². The Bertz CT molecular complexity index is 1010. The molecule has 0 bridgehead atoms. The Morgan fingerprint density at radius 3 is 2.75 bits per heavy atom. The minimum absolute atomic E-state index is 0.816. The predicted molar refractivity (Wildman–Crippen MR) is 94.8 cm³/mol. The molecule has 2 aromatic carbocycles. The van der Waals surface area contributed by atoms with Crippen molar-refractivity contribution in [3.63, 3.8) is 0 Å². The molecule has 4 nitrogen and oxygen atoms in total. The minimum atomic E-state index is 0.816. The molecule has 0 aliphatic heterocycles. The van der Waals surface area contributed by atoms with E-state index >= 15 is 0 Å². The maximum Gasteiger partial charge on any atom is 0.119 e. The van der Waals surface area contributed by atoms with E-state index in [1.165, 1.54) is 0 Å². The fourth-order valence-corrected chi connectivity index (χ4v) is 2.79. The molecule has 0 fully saturated rings. The first kappa shape index (κ1) is 14.3. The van der Waals surface area contributed by atoms with E-state index in [2.05, 4.69) is 33.2 Å². The Labute approximate surface area is 139 Å². The fourth-order valence-electron chi connectivity index (χ4n) is 2.79. The van der Waals surface area contributed by atoms with Crippen LogP contribution in [0.2, 0.25) is 0 Å². The lowest BCUT2D eigenvalue weighted by molar-refractivity contribution is 0.415. The first-order chi connectivity index (χ1) is 11.8. The molecule has 0 N–H and O–H groups in total. The van der Waals surface area contributed by atoms with Crippen molar-refractivity contribution in [1.29, 1.82) is 0 Å². The topological polar surface area (TPSA) is 47.9 Å². The van der Waals surface area contributed by atoms with Crippen molar-refractivity contribution in [1.82, 2.24) is 15.0 Å². The molecule has 0 aliphatic rings. The molecule has 0 radical (unpaired) electrons. The van der Waals surface area contributed by atoms with Gasteiger partial charge in [0.2, 0.25) is 0 Å². The highest BCUT2D eigenvalue weighted by Crippen LogP contribution is 2.32. The molecule has 0 spiro atoms. The molecule has 0 atom stereocenters. The molecule has 2 heterocycles. The van der Waals surface area contributed by atoms with Crippen molar-refractivity contribution in [3.05, 3.63) is 73.3 Å². The highest BCUT2D eigenvalue weighted by molar-refractivity contribution is 5.88. The lowest BCUT2D eigenvalue weighted by Gasteiger charge is -2.10. The molecule has 0 amide bonds. The molecule has 2 aromatic heterocycles. The van der Waals surface area contributed by atoms with Crippen molar-refractivity contribution in [2.75, 3.05) is 7.11 Å². The van der Waals surface area contributed by atoms with E-state index in [-0.39, 0.29) is 0 Å². The standard InChI is InChI=1S/C20H15N3O/c1-24-17-5-2-4-15(11-17)20-18(6-3-9-22-20)14-7-8-19-16(10-14)12-21-13-23-19/h2-13H,1H3. The molecule has 0 saturated heterocycles. The summed E-state index contributed by atoms with van der Waals surface area (Å²) in [7, 11) is 1.67. The van der Waals surface area contributed by atoms with E-state index < -0.39 is 0 Å². The van der Waals surface area contributed by atoms with Gasteiger partial charge in [0.05, 0.1) is 18.3 Å². The number of methoxy groups -OCH3 is 1. The summed E-state index contributed by atoms with van der Waals surface area (Å²) in [6.07, 6.45) is 5.20. The lowest BCUT2D eigenvalue weighted by Crippen LogP contribution is -1.91. The summed E-state index contributed by atoms with van der Waals surface area (Å²) in [5.74, 6) is 0.816. The zero-order valence-corrected chi connectivity index (χ0v) is 13.2. The largest absolute Gasteiger partial charge is 0.497 e. The van der Waals surface area contributed by atoms with Crippen LogP contribution in [-0.2, 0) is 0 Å². The van der Waals surface area contributed by atoms with Gasteiger partial charge >= 0.3 is 0 Å². The first-order valence-electron chi connectivity index (χ1n) is 7.65. The van der Waals surface area contributed by atoms with Crippen molar-refractivity contribution in [2.45, 2.75) is 0 Å². The average molecular weight is 313 g/mol. The second-order valence-electron chi connectivity index (χ2n) is 5.43. The molecule has 4 rings (SSSR count). The second kappa shape index (κ2) is 6.08. The van der Waals surface area contributed by atoms with Crippen LogP contribution in [0.25, 0.3) is 33.3 Å². The maximum atomic E-state index is 5.34. The highest BCUT2D eigenvalue weighted by Gasteiger charge is 2.10. The van der Waals surface area contributed by atoms with E-state index in [1.54, 1.807) is 13.4 Å². The van der Waals surface area contributed by atoms with Crippen LogP contribution in [0, 0.1) is 0 Å². The quantitative estimate of drug-likeness (QED) is 0.563. The summed E-state index contributed by atoms with van der Waals surface area (Å²) in [5, 5.41) is 1.01. The number of nitrogens with zero attached hydrogens (tertiary/aromatic N) is 3. The zero-order chi connectivity index (χ0) is 16.4. The molecular formula is C20H15N3O. The normalized spacial score (nSPS) is 10.7. The Kier molecular flexibility index (Phi) is 3.63. The third kappa shape index (κ3) is 2.58. The van der Waals surface area contributed by atoms with Gasteiger partial charge in [-0.25, -0.2) is 9.97 Å². The molecule has 4 aromatic rings. The highest BCUT2D eigenvalue weighted by atomic mass is 16.5. The minimum Gasteiger partial charge on any atom is -0.497 e. The number of hydrogen-bond donors (Lipinski definition) is 0. The van der Waals surface area contributed by atoms with E-state index in [1.807, 2.05) is 48.8 Å². The van der Waals surface area contributed by atoms with E-state index in [0.29, 0.717) is 0 Å². The van der Waals surface area contributed by atoms with Crippen LogP contribution in [-0.4, -0.2) is 22.1 Å². The molecular weight excluding hydrogens is 298 g/mol. The van der Waals surface area contributed by atoms with Gasteiger partial charge in [0.15, 0.2) is 0 Å².